The number of nitrogens with zero attached hydrogens (tertiary/aromatic N) is 1. The molecule has 0 bridgehead atoms. The van der Waals surface area contributed by atoms with Crippen LogP contribution in [0.25, 0.3) is 0 Å². The first-order chi connectivity index (χ1) is 7.83. The van der Waals surface area contributed by atoms with Crippen LogP contribution in [-0.4, -0.2) is 11.8 Å². The monoisotopic (exact) mass is 295 g/mol. The Morgan fingerprint density at radius 3 is 2.47 bits per heavy atom. The van der Waals surface area contributed by atoms with Crippen LogP contribution in [0.3, 0.4) is 0 Å². The summed E-state index contributed by atoms with van der Waals surface area (Å²) in [5.74, 6) is -0.245. The molecule has 0 aromatic heterocycles. The second kappa shape index (κ2) is 3.95. The van der Waals surface area contributed by atoms with Crippen molar-refractivity contribution in [1.29, 1.82) is 0 Å². The van der Waals surface area contributed by atoms with Crippen molar-refractivity contribution in [2.75, 3.05) is 4.90 Å². The maximum absolute atomic E-state index is 12.2. The van der Waals surface area contributed by atoms with E-state index >= 15 is 0 Å². The minimum absolute atomic E-state index is 0.122. The molecule has 1 aromatic rings. The lowest BCUT2D eigenvalue weighted by Crippen LogP contribution is -2.33. The van der Waals surface area contributed by atoms with Gasteiger partial charge in [-0.25, -0.2) is 4.90 Å². The molecule has 0 unspecified atom stereocenters. The zero-order valence-corrected chi connectivity index (χ0v) is 11.7. The topological polar surface area (TPSA) is 37.4 Å². The number of carbonyl (C=O) groups is 2. The number of imide groups is 1. The lowest BCUT2D eigenvalue weighted by Gasteiger charge is -2.19. The van der Waals surface area contributed by atoms with Gasteiger partial charge in [0.2, 0.25) is 11.8 Å². The van der Waals surface area contributed by atoms with E-state index in [1.807, 2.05) is 25.1 Å². The Labute approximate surface area is 109 Å². The molecule has 1 heterocycles. The van der Waals surface area contributed by atoms with E-state index in [1.54, 1.807) is 13.8 Å². The van der Waals surface area contributed by atoms with E-state index in [1.165, 1.54) is 4.90 Å². The third kappa shape index (κ3) is 2.02. The van der Waals surface area contributed by atoms with Crippen LogP contribution in [0.5, 0.6) is 0 Å². The minimum Gasteiger partial charge on any atom is -0.274 e. The second-order valence-electron chi connectivity index (χ2n) is 5.03. The van der Waals surface area contributed by atoms with Gasteiger partial charge in [-0.05, 0) is 24.6 Å². The highest BCUT2D eigenvalue weighted by atomic mass is 79.9. The molecule has 0 N–H and O–H groups in total. The van der Waals surface area contributed by atoms with Gasteiger partial charge in [0.15, 0.2) is 0 Å². The standard InChI is InChI=1S/C13H14BrNO2/c1-8-4-5-9(14)6-10(8)15-11(16)7-13(2,3)12(15)17/h4-6H,7H2,1-3H3. The van der Waals surface area contributed by atoms with Crippen LogP contribution in [0.1, 0.15) is 25.8 Å². The zero-order valence-electron chi connectivity index (χ0n) is 10.1. The first-order valence-corrected chi connectivity index (χ1v) is 6.26. The molecule has 0 saturated carbocycles. The molecule has 0 spiro atoms. The fourth-order valence-corrected chi connectivity index (χ4v) is 2.36. The number of carbonyl (C=O) groups excluding carboxylic acids is 2. The molecule has 1 aromatic carbocycles. The molecule has 1 fully saturated rings. The van der Waals surface area contributed by atoms with Crippen LogP contribution >= 0.6 is 15.9 Å². The van der Waals surface area contributed by atoms with Crippen LogP contribution in [0.4, 0.5) is 5.69 Å². The number of amides is 2. The van der Waals surface area contributed by atoms with E-state index in [2.05, 4.69) is 15.9 Å². The maximum atomic E-state index is 12.2. The van der Waals surface area contributed by atoms with Crippen LogP contribution < -0.4 is 4.90 Å². The van der Waals surface area contributed by atoms with Gasteiger partial charge in [0.1, 0.15) is 0 Å². The number of hydrogen-bond donors (Lipinski definition) is 0. The number of hydrogen-bond acceptors (Lipinski definition) is 2. The lowest BCUT2D eigenvalue weighted by molar-refractivity contribution is -0.124. The number of anilines is 1. The third-order valence-electron chi connectivity index (χ3n) is 3.04. The fraction of sp³-hybridized carbons (Fsp3) is 0.385. The number of rotatable bonds is 1. The molecule has 2 amide bonds. The second-order valence-corrected chi connectivity index (χ2v) is 5.94. The van der Waals surface area contributed by atoms with Crippen LogP contribution in [0.2, 0.25) is 0 Å². The summed E-state index contributed by atoms with van der Waals surface area (Å²) in [5.41, 5.74) is 1.01. The Morgan fingerprint density at radius 2 is 1.94 bits per heavy atom. The molecule has 1 aliphatic rings. The van der Waals surface area contributed by atoms with Crippen molar-refractivity contribution >= 4 is 33.4 Å². The average Bonchev–Trinajstić information content (AvgIpc) is 2.41. The lowest BCUT2D eigenvalue weighted by atomic mass is 9.92. The van der Waals surface area contributed by atoms with Gasteiger partial charge in [-0.2, -0.15) is 0 Å². The van der Waals surface area contributed by atoms with E-state index in [0.717, 1.165) is 10.0 Å². The largest absolute Gasteiger partial charge is 0.274 e. The van der Waals surface area contributed by atoms with Crippen LogP contribution in [0, 0.1) is 12.3 Å². The van der Waals surface area contributed by atoms with Gasteiger partial charge in [0.05, 0.1) is 11.1 Å². The molecule has 1 aliphatic heterocycles. The summed E-state index contributed by atoms with van der Waals surface area (Å²) in [7, 11) is 0. The highest BCUT2D eigenvalue weighted by Gasteiger charge is 2.45. The normalized spacial score (nSPS) is 18.9. The average molecular weight is 296 g/mol. The maximum Gasteiger partial charge on any atom is 0.239 e. The predicted octanol–water partition coefficient (Wildman–Crippen LogP) is 3.05. The molecule has 3 nitrogen and oxygen atoms in total. The molecule has 0 radical (unpaired) electrons. The summed E-state index contributed by atoms with van der Waals surface area (Å²) in [6.45, 7) is 5.51. The molecule has 2 rings (SSSR count). The van der Waals surface area contributed by atoms with Gasteiger partial charge in [-0.1, -0.05) is 35.8 Å². The Balaban J connectivity index is 2.51. The summed E-state index contributed by atoms with van der Waals surface area (Å²) >= 11 is 3.36. The van der Waals surface area contributed by atoms with Gasteiger partial charge in [-0.15, -0.1) is 0 Å². The summed E-state index contributed by atoms with van der Waals surface area (Å²) in [5, 5.41) is 0. The molecule has 0 atom stereocenters. The first-order valence-electron chi connectivity index (χ1n) is 5.46. The van der Waals surface area contributed by atoms with Gasteiger partial charge < -0.3 is 0 Å². The molecule has 4 heteroatoms. The van der Waals surface area contributed by atoms with Gasteiger partial charge in [-0.3, -0.25) is 9.59 Å². The molecule has 0 aliphatic carbocycles. The van der Waals surface area contributed by atoms with Crippen molar-refractivity contribution in [2.45, 2.75) is 27.2 Å². The van der Waals surface area contributed by atoms with E-state index < -0.39 is 5.41 Å². The fourth-order valence-electron chi connectivity index (χ4n) is 2.02. The summed E-state index contributed by atoms with van der Waals surface area (Å²) < 4.78 is 0.864. The molecule has 90 valence electrons. The highest BCUT2D eigenvalue weighted by Crippen LogP contribution is 2.37. The van der Waals surface area contributed by atoms with Crippen molar-refractivity contribution in [2.24, 2.45) is 5.41 Å². The van der Waals surface area contributed by atoms with Crippen molar-refractivity contribution in [1.82, 2.24) is 0 Å². The van der Waals surface area contributed by atoms with E-state index in [4.69, 9.17) is 0 Å². The van der Waals surface area contributed by atoms with Gasteiger partial charge in [0.25, 0.3) is 0 Å². The predicted molar refractivity (Wildman–Crippen MR) is 69.8 cm³/mol. The Morgan fingerprint density at radius 1 is 1.29 bits per heavy atom. The SMILES string of the molecule is Cc1ccc(Br)cc1N1C(=O)CC(C)(C)C1=O. The zero-order chi connectivity index (χ0) is 12.8. The Bertz CT molecular complexity index is 508. The van der Waals surface area contributed by atoms with E-state index in [-0.39, 0.29) is 18.2 Å². The van der Waals surface area contributed by atoms with Crippen molar-refractivity contribution < 1.29 is 9.59 Å². The van der Waals surface area contributed by atoms with Crippen molar-refractivity contribution in [3.63, 3.8) is 0 Å². The molecule has 17 heavy (non-hydrogen) atoms. The number of aryl methyl sites for hydroxylation is 1. The number of benzene rings is 1. The minimum atomic E-state index is -0.591. The smallest absolute Gasteiger partial charge is 0.239 e. The summed E-state index contributed by atoms with van der Waals surface area (Å²) in [4.78, 5) is 25.5. The quantitative estimate of drug-likeness (QED) is 0.747. The van der Waals surface area contributed by atoms with Crippen LogP contribution in [0.15, 0.2) is 22.7 Å². The highest BCUT2D eigenvalue weighted by molar-refractivity contribution is 9.10. The molecule has 1 saturated heterocycles. The van der Waals surface area contributed by atoms with Crippen molar-refractivity contribution in [3.8, 4) is 0 Å². The van der Waals surface area contributed by atoms with Gasteiger partial charge >= 0.3 is 0 Å². The van der Waals surface area contributed by atoms with E-state index in [9.17, 15) is 9.59 Å². The third-order valence-corrected chi connectivity index (χ3v) is 3.53. The molecular formula is C13H14BrNO2. The first kappa shape index (κ1) is 12.3. The molecular weight excluding hydrogens is 282 g/mol. The van der Waals surface area contributed by atoms with Crippen LogP contribution in [-0.2, 0) is 9.59 Å². The Hall–Kier alpha value is -1.16. The summed E-state index contributed by atoms with van der Waals surface area (Å²) in [6, 6.07) is 5.60. The number of halogens is 1. The Kier molecular flexibility index (Phi) is 2.86. The van der Waals surface area contributed by atoms with Gasteiger partial charge in [0, 0.05) is 10.9 Å². The van der Waals surface area contributed by atoms with Crippen molar-refractivity contribution in [3.05, 3.63) is 28.2 Å². The summed E-state index contributed by atoms with van der Waals surface area (Å²) in [6.07, 6.45) is 0.276. The van der Waals surface area contributed by atoms with E-state index in [0.29, 0.717) is 5.69 Å².